The number of rotatable bonds is 5. The Kier molecular flexibility index (Phi) is 5.19. The van der Waals surface area contributed by atoms with E-state index in [-0.39, 0.29) is 9.79 Å². The molecule has 25 heavy (non-hydrogen) atoms. The van der Waals surface area contributed by atoms with Crippen LogP contribution in [0.15, 0.2) is 62.8 Å². The maximum Gasteiger partial charge on any atom is 0.261 e. The lowest BCUT2D eigenvalue weighted by Crippen LogP contribution is -2.27. The van der Waals surface area contributed by atoms with E-state index in [1.54, 1.807) is 24.3 Å². The summed E-state index contributed by atoms with van der Waals surface area (Å²) in [6.45, 7) is 1.01. The Bertz CT molecular complexity index is 950. The molecule has 2 aromatic rings. The summed E-state index contributed by atoms with van der Waals surface area (Å²) in [5.74, 6) is 0. The molecule has 0 amide bonds. The minimum atomic E-state index is -3.78. The van der Waals surface area contributed by atoms with E-state index in [0.29, 0.717) is 18.8 Å². The highest BCUT2D eigenvalue weighted by Gasteiger charge is 2.27. The predicted octanol–water partition coefficient (Wildman–Crippen LogP) is 3.03. The molecule has 0 aromatic heterocycles. The first-order chi connectivity index (χ1) is 11.8. The van der Waals surface area contributed by atoms with Crippen molar-refractivity contribution in [1.82, 2.24) is 4.31 Å². The standard InChI is InChI=1S/C16H17BrN2O4S2/c17-13-3-5-14(6-4-13)18-24(20,21)15-7-9-16(10-8-15)25(22,23)19-11-1-2-12-19/h3-10,18H,1-2,11-12H2. The topological polar surface area (TPSA) is 83.5 Å². The number of halogens is 1. The summed E-state index contributed by atoms with van der Waals surface area (Å²) in [5.41, 5.74) is 0.428. The highest BCUT2D eigenvalue weighted by molar-refractivity contribution is 9.10. The molecule has 0 bridgehead atoms. The average molecular weight is 445 g/mol. The molecule has 0 saturated carbocycles. The van der Waals surface area contributed by atoms with Gasteiger partial charge in [0, 0.05) is 23.2 Å². The minimum Gasteiger partial charge on any atom is -0.280 e. The van der Waals surface area contributed by atoms with Crippen molar-refractivity contribution in [2.75, 3.05) is 17.8 Å². The summed E-state index contributed by atoms with van der Waals surface area (Å²) in [6, 6.07) is 12.0. The van der Waals surface area contributed by atoms with Gasteiger partial charge >= 0.3 is 0 Å². The second-order valence-corrected chi connectivity index (χ2v) is 10.2. The third-order valence-corrected chi connectivity index (χ3v) is 7.77. The van der Waals surface area contributed by atoms with Crippen LogP contribution in [0.2, 0.25) is 0 Å². The molecular weight excluding hydrogens is 428 g/mol. The van der Waals surface area contributed by atoms with E-state index in [1.165, 1.54) is 28.6 Å². The van der Waals surface area contributed by atoms with Gasteiger partial charge in [-0.25, -0.2) is 16.8 Å². The van der Waals surface area contributed by atoms with Crippen LogP contribution in [0.3, 0.4) is 0 Å². The normalized spacial score (nSPS) is 16.0. The number of sulfonamides is 2. The van der Waals surface area contributed by atoms with Gasteiger partial charge in [0.25, 0.3) is 10.0 Å². The lowest BCUT2D eigenvalue weighted by molar-refractivity contribution is 0.477. The van der Waals surface area contributed by atoms with Gasteiger partial charge < -0.3 is 0 Å². The fourth-order valence-electron chi connectivity index (χ4n) is 2.60. The molecule has 1 saturated heterocycles. The number of benzene rings is 2. The van der Waals surface area contributed by atoms with Crippen molar-refractivity contribution < 1.29 is 16.8 Å². The lowest BCUT2D eigenvalue weighted by Gasteiger charge is -2.15. The zero-order valence-corrected chi connectivity index (χ0v) is 16.4. The smallest absolute Gasteiger partial charge is 0.261 e. The Morgan fingerprint density at radius 2 is 1.32 bits per heavy atom. The lowest BCUT2D eigenvalue weighted by atomic mass is 10.3. The van der Waals surface area contributed by atoms with Crippen LogP contribution < -0.4 is 4.72 Å². The molecule has 2 aromatic carbocycles. The van der Waals surface area contributed by atoms with Crippen molar-refractivity contribution in [2.45, 2.75) is 22.6 Å². The van der Waals surface area contributed by atoms with E-state index in [9.17, 15) is 16.8 Å². The molecule has 0 radical (unpaired) electrons. The molecule has 1 heterocycles. The van der Waals surface area contributed by atoms with Gasteiger partial charge in [-0.05, 0) is 61.4 Å². The fraction of sp³-hybridized carbons (Fsp3) is 0.250. The Morgan fingerprint density at radius 3 is 1.88 bits per heavy atom. The Morgan fingerprint density at radius 1 is 0.800 bits per heavy atom. The van der Waals surface area contributed by atoms with Gasteiger partial charge in [0.15, 0.2) is 0 Å². The van der Waals surface area contributed by atoms with Crippen LogP contribution in [-0.2, 0) is 20.0 Å². The molecule has 3 rings (SSSR count). The first-order valence-electron chi connectivity index (χ1n) is 7.68. The first kappa shape index (κ1) is 18.4. The van der Waals surface area contributed by atoms with Crippen LogP contribution in [0.5, 0.6) is 0 Å². The summed E-state index contributed by atoms with van der Waals surface area (Å²) in [5, 5.41) is 0. The third-order valence-electron chi connectivity index (χ3n) is 3.93. The van der Waals surface area contributed by atoms with Gasteiger partial charge in [-0.2, -0.15) is 4.31 Å². The molecule has 1 fully saturated rings. The molecule has 0 aliphatic carbocycles. The van der Waals surface area contributed by atoms with Crippen molar-refractivity contribution in [3.05, 3.63) is 53.0 Å². The predicted molar refractivity (Wildman–Crippen MR) is 99.4 cm³/mol. The van der Waals surface area contributed by atoms with E-state index in [4.69, 9.17) is 0 Å². The molecule has 1 aliphatic heterocycles. The Balaban J connectivity index is 1.82. The maximum absolute atomic E-state index is 12.5. The van der Waals surface area contributed by atoms with E-state index < -0.39 is 20.0 Å². The largest absolute Gasteiger partial charge is 0.280 e. The Hall–Kier alpha value is -1.42. The second-order valence-electron chi connectivity index (χ2n) is 5.69. The fourth-order valence-corrected chi connectivity index (χ4v) is 5.44. The van der Waals surface area contributed by atoms with E-state index >= 15 is 0 Å². The third kappa shape index (κ3) is 4.05. The van der Waals surface area contributed by atoms with Gasteiger partial charge in [-0.3, -0.25) is 4.72 Å². The molecule has 0 unspecified atom stereocenters. The van der Waals surface area contributed by atoms with Crippen LogP contribution in [-0.4, -0.2) is 34.2 Å². The first-order valence-corrected chi connectivity index (χ1v) is 11.4. The molecule has 1 N–H and O–H groups in total. The summed E-state index contributed by atoms with van der Waals surface area (Å²) in [6.07, 6.45) is 1.70. The summed E-state index contributed by atoms with van der Waals surface area (Å²) in [7, 11) is -7.33. The minimum absolute atomic E-state index is 0.00999. The van der Waals surface area contributed by atoms with Crippen LogP contribution in [0.4, 0.5) is 5.69 Å². The molecule has 0 spiro atoms. The number of nitrogens with zero attached hydrogens (tertiary/aromatic N) is 1. The molecule has 6 nitrogen and oxygen atoms in total. The van der Waals surface area contributed by atoms with Crippen LogP contribution in [0.25, 0.3) is 0 Å². The van der Waals surface area contributed by atoms with Crippen molar-refractivity contribution in [3.63, 3.8) is 0 Å². The highest BCUT2D eigenvalue weighted by Crippen LogP contribution is 2.23. The average Bonchev–Trinajstić information content (AvgIpc) is 3.12. The zero-order chi connectivity index (χ0) is 18.1. The van der Waals surface area contributed by atoms with Crippen molar-refractivity contribution in [1.29, 1.82) is 0 Å². The Labute approximate surface area is 156 Å². The number of anilines is 1. The van der Waals surface area contributed by atoms with Gasteiger partial charge in [0.05, 0.1) is 9.79 Å². The van der Waals surface area contributed by atoms with Crippen LogP contribution >= 0.6 is 15.9 Å². The summed E-state index contributed by atoms with van der Waals surface area (Å²) >= 11 is 3.29. The van der Waals surface area contributed by atoms with Crippen molar-refractivity contribution >= 4 is 41.7 Å². The SMILES string of the molecule is O=S(=O)(Nc1ccc(Br)cc1)c1ccc(S(=O)(=O)N2CCCC2)cc1. The molecular formula is C16H17BrN2O4S2. The van der Waals surface area contributed by atoms with Crippen molar-refractivity contribution in [3.8, 4) is 0 Å². The van der Waals surface area contributed by atoms with Crippen LogP contribution in [0.1, 0.15) is 12.8 Å². The quantitative estimate of drug-likeness (QED) is 0.767. The summed E-state index contributed by atoms with van der Waals surface area (Å²) in [4.78, 5) is 0.118. The van der Waals surface area contributed by atoms with Gasteiger partial charge in [0.1, 0.15) is 0 Å². The maximum atomic E-state index is 12.5. The molecule has 1 aliphatic rings. The number of nitrogens with one attached hydrogen (secondary N) is 1. The van der Waals surface area contributed by atoms with Gasteiger partial charge in [-0.15, -0.1) is 0 Å². The zero-order valence-electron chi connectivity index (χ0n) is 13.2. The number of hydrogen-bond donors (Lipinski definition) is 1. The molecule has 9 heteroatoms. The van der Waals surface area contributed by atoms with Gasteiger partial charge in [0.2, 0.25) is 10.0 Å². The van der Waals surface area contributed by atoms with Gasteiger partial charge in [-0.1, -0.05) is 15.9 Å². The van der Waals surface area contributed by atoms with E-state index in [1.807, 2.05) is 0 Å². The highest BCUT2D eigenvalue weighted by atomic mass is 79.9. The van der Waals surface area contributed by atoms with Crippen LogP contribution in [0, 0.1) is 0 Å². The summed E-state index contributed by atoms with van der Waals surface area (Å²) < 4.78 is 54.5. The second kappa shape index (κ2) is 7.06. The van der Waals surface area contributed by atoms with E-state index in [2.05, 4.69) is 20.7 Å². The monoisotopic (exact) mass is 444 g/mol. The number of hydrogen-bond acceptors (Lipinski definition) is 4. The van der Waals surface area contributed by atoms with Crippen molar-refractivity contribution in [2.24, 2.45) is 0 Å². The molecule has 0 atom stereocenters. The van der Waals surface area contributed by atoms with E-state index in [0.717, 1.165) is 17.3 Å². The molecule has 134 valence electrons.